The molecule has 1 aliphatic rings. The highest BCUT2D eigenvalue weighted by Gasteiger charge is 2.38. The molecule has 1 aliphatic carbocycles. The van der Waals surface area contributed by atoms with Crippen molar-refractivity contribution < 1.29 is 0 Å². The van der Waals surface area contributed by atoms with Crippen LogP contribution < -0.4 is 0 Å². The summed E-state index contributed by atoms with van der Waals surface area (Å²) in [5.74, 6) is 0. The second kappa shape index (κ2) is 1.66. The van der Waals surface area contributed by atoms with Crippen molar-refractivity contribution in [3.05, 3.63) is 6.92 Å². The average Bonchev–Trinajstić information content (AvgIpc) is 2.22. The highest BCUT2D eigenvalue weighted by atomic mass is 35.5. The van der Waals surface area contributed by atoms with Crippen molar-refractivity contribution in [3.63, 3.8) is 0 Å². The molecule has 0 N–H and O–H groups in total. The minimum atomic E-state index is 0.210. The van der Waals surface area contributed by atoms with Crippen molar-refractivity contribution in [2.45, 2.75) is 30.6 Å². The predicted octanol–water partition coefficient (Wildman–Crippen LogP) is 2.37. The van der Waals surface area contributed by atoms with E-state index in [9.17, 15) is 0 Å². The third kappa shape index (κ3) is 1.34. The van der Waals surface area contributed by atoms with E-state index in [1.807, 2.05) is 0 Å². The lowest BCUT2D eigenvalue weighted by Gasteiger charge is -1.98. The van der Waals surface area contributed by atoms with E-state index in [0.717, 1.165) is 12.8 Å². The third-order valence-electron chi connectivity index (χ3n) is 1.42. The minimum absolute atomic E-state index is 0.210. The molecule has 0 aromatic heterocycles. The van der Waals surface area contributed by atoms with Gasteiger partial charge in [-0.25, -0.2) is 0 Å². The van der Waals surface area contributed by atoms with Gasteiger partial charge in [-0.05, 0) is 19.3 Å². The summed E-state index contributed by atoms with van der Waals surface area (Å²) in [7, 11) is 0. The first-order valence-corrected chi connectivity index (χ1v) is 3.13. The lowest BCUT2D eigenvalue weighted by molar-refractivity contribution is 0.775. The molecule has 0 aromatic carbocycles. The lowest BCUT2D eigenvalue weighted by Crippen LogP contribution is -1.93. The number of hydrogen-bond acceptors (Lipinski definition) is 0. The summed E-state index contributed by atoms with van der Waals surface area (Å²) in [4.78, 5) is 0.210. The van der Waals surface area contributed by atoms with Crippen LogP contribution in [0.1, 0.15) is 25.7 Å². The van der Waals surface area contributed by atoms with Crippen molar-refractivity contribution in [2.75, 3.05) is 0 Å². The van der Waals surface area contributed by atoms with Crippen LogP contribution in [-0.4, -0.2) is 4.87 Å². The van der Waals surface area contributed by atoms with E-state index < -0.39 is 0 Å². The van der Waals surface area contributed by atoms with Gasteiger partial charge in [-0.2, -0.15) is 0 Å². The summed E-state index contributed by atoms with van der Waals surface area (Å²) in [6.07, 6.45) is 4.52. The van der Waals surface area contributed by atoms with Crippen LogP contribution in [0.2, 0.25) is 0 Å². The summed E-state index contributed by atoms with van der Waals surface area (Å²) in [5.41, 5.74) is 0. The normalized spacial score (nSPS) is 24.9. The number of hydrogen-bond donors (Lipinski definition) is 0. The van der Waals surface area contributed by atoms with Crippen LogP contribution in [-0.2, 0) is 0 Å². The molecule has 0 saturated heterocycles. The minimum Gasteiger partial charge on any atom is -0.119 e. The Morgan fingerprint density at radius 2 is 2.14 bits per heavy atom. The van der Waals surface area contributed by atoms with E-state index in [1.165, 1.54) is 12.8 Å². The van der Waals surface area contributed by atoms with Gasteiger partial charge in [0.2, 0.25) is 0 Å². The summed E-state index contributed by atoms with van der Waals surface area (Å²) in [6.45, 7) is 3.73. The Morgan fingerprint density at radius 3 is 2.29 bits per heavy atom. The second-order valence-corrected chi connectivity index (χ2v) is 3.06. The van der Waals surface area contributed by atoms with Crippen LogP contribution in [0.5, 0.6) is 0 Å². The molecule has 1 fully saturated rings. The Bertz CT molecular complexity index is 64.6. The maximum absolute atomic E-state index is 5.90. The molecule has 0 aliphatic heterocycles. The van der Waals surface area contributed by atoms with Gasteiger partial charge in [0.15, 0.2) is 0 Å². The first-order valence-electron chi connectivity index (χ1n) is 2.75. The molecule has 1 saturated carbocycles. The van der Waals surface area contributed by atoms with Crippen LogP contribution in [0.25, 0.3) is 0 Å². The van der Waals surface area contributed by atoms with Crippen LogP contribution >= 0.6 is 11.6 Å². The molecule has 0 bridgehead atoms. The Balaban J connectivity index is 2.13. The largest absolute Gasteiger partial charge is 0.119 e. The fourth-order valence-electron chi connectivity index (χ4n) is 0.702. The molecule has 1 heteroatoms. The van der Waals surface area contributed by atoms with Crippen molar-refractivity contribution in [3.8, 4) is 0 Å². The quantitative estimate of drug-likeness (QED) is 0.487. The highest BCUT2D eigenvalue weighted by molar-refractivity contribution is 6.25. The smallest absolute Gasteiger partial charge is 0.0448 e. The first kappa shape index (κ1) is 5.43. The topological polar surface area (TPSA) is 0 Å². The van der Waals surface area contributed by atoms with E-state index in [4.69, 9.17) is 11.6 Å². The molecule has 0 spiro atoms. The molecule has 41 valence electrons. The summed E-state index contributed by atoms with van der Waals surface area (Å²) >= 11 is 5.90. The van der Waals surface area contributed by atoms with Gasteiger partial charge < -0.3 is 0 Å². The Kier molecular flexibility index (Phi) is 1.29. The molecule has 1 radical (unpaired) electrons. The maximum Gasteiger partial charge on any atom is 0.0448 e. The van der Waals surface area contributed by atoms with Crippen LogP contribution in [0.4, 0.5) is 0 Å². The van der Waals surface area contributed by atoms with Gasteiger partial charge in [-0.1, -0.05) is 13.3 Å². The molecule has 0 aromatic rings. The Hall–Kier alpha value is 0.290. The number of alkyl halides is 1. The van der Waals surface area contributed by atoms with Crippen LogP contribution in [0, 0.1) is 6.92 Å². The fourth-order valence-corrected chi connectivity index (χ4v) is 0.931. The fraction of sp³-hybridized carbons (Fsp3) is 0.833. The van der Waals surface area contributed by atoms with Crippen molar-refractivity contribution in [1.82, 2.24) is 0 Å². The molecule has 1 rings (SSSR count). The second-order valence-electron chi connectivity index (χ2n) is 2.25. The van der Waals surface area contributed by atoms with Gasteiger partial charge in [0.05, 0.1) is 0 Å². The van der Waals surface area contributed by atoms with E-state index in [2.05, 4.69) is 6.92 Å². The zero-order valence-electron chi connectivity index (χ0n) is 4.41. The zero-order chi connectivity index (χ0) is 5.33. The van der Waals surface area contributed by atoms with Crippen molar-refractivity contribution >= 4 is 11.6 Å². The molecule has 0 unspecified atom stereocenters. The standard InChI is InChI=1S/C6H10Cl/c1-2-3-6(7)4-5-6/h1-5H2. The van der Waals surface area contributed by atoms with Gasteiger partial charge in [0.25, 0.3) is 0 Å². The van der Waals surface area contributed by atoms with Gasteiger partial charge in [0.1, 0.15) is 0 Å². The zero-order valence-corrected chi connectivity index (χ0v) is 5.17. The van der Waals surface area contributed by atoms with E-state index in [0.29, 0.717) is 0 Å². The van der Waals surface area contributed by atoms with Gasteiger partial charge in [-0.15, -0.1) is 11.6 Å². The van der Waals surface area contributed by atoms with Gasteiger partial charge in [-0.3, -0.25) is 0 Å². The summed E-state index contributed by atoms with van der Waals surface area (Å²) in [6, 6.07) is 0. The first-order chi connectivity index (χ1) is 3.27. The molecule has 0 heterocycles. The summed E-state index contributed by atoms with van der Waals surface area (Å²) in [5, 5.41) is 0. The molecular formula is C6H10Cl. The molecule has 0 nitrogen and oxygen atoms in total. The molecule has 0 amide bonds. The van der Waals surface area contributed by atoms with Crippen LogP contribution in [0.15, 0.2) is 0 Å². The van der Waals surface area contributed by atoms with Crippen molar-refractivity contribution in [1.29, 1.82) is 0 Å². The molecular weight excluding hydrogens is 108 g/mol. The molecule has 7 heavy (non-hydrogen) atoms. The Morgan fingerprint density at radius 1 is 1.57 bits per heavy atom. The lowest BCUT2D eigenvalue weighted by atomic mass is 10.2. The van der Waals surface area contributed by atoms with E-state index in [-0.39, 0.29) is 4.87 Å². The van der Waals surface area contributed by atoms with Gasteiger partial charge in [0, 0.05) is 4.87 Å². The Labute approximate surface area is 49.9 Å². The van der Waals surface area contributed by atoms with Crippen molar-refractivity contribution in [2.24, 2.45) is 0 Å². The third-order valence-corrected chi connectivity index (χ3v) is 1.98. The van der Waals surface area contributed by atoms with Gasteiger partial charge >= 0.3 is 0 Å². The number of halogens is 1. The molecule has 0 atom stereocenters. The predicted molar refractivity (Wildman–Crippen MR) is 32.4 cm³/mol. The number of rotatable bonds is 2. The SMILES string of the molecule is [CH2]CCC1(Cl)CC1. The van der Waals surface area contributed by atoms with E-state index in [1.54, 1.807) is 0 Å². The average molecular weight is 118 g/mol. The van der Waals surface area contributed by atoms with Crippen LogP contribution in [0.3, 0.4) is 0 Å². The monoisotopic (exact) mass is 117 g/mol. The summed E-state index contributed by atoms with van der Waals surface area (Å²) < 4.78 is 0. The highest BCUT2D eigenvalue weighted by Crippen LogP contribution is 2.46. The van der Waals surface area contributed by atoms with E-state index >= 15 is 0 Å². The maximum atomic E-state index is 5.90.